The molecular formula is C11H9N3O2. The zero-order valence-corrected chi connectivity index (χ0v) is 8.53. The van der Waals surface area contributed by atoms with E-state index in [9.17, 15) is 4.79 Å². The Kier molecular flexibility index (Phi) is 1.60. The normalized spacial score (nSPS) is 11.3. The van der Waals surface area contributed by atoms with Crippen molar-refractivity contribution >= 4 is 27.9 Å². The lowest BCUT2D eigenvalue weighted by atomic mass is 10.2. The summed E-state index contributed by atoms with van der Waals surface area (Å²) in [4.78, 5) is 21.2. The predicted octanol–water partition coefficient (Wildman–Crippen LogP) is 2.05. The highest BCUT2D eigenvalue weighted by atomic mass is 16.4. The zero-order chi connectivity index (χ0) is 11.3. The number of carboxylic acids is 1. The van der Waals surface area contributed by atoms with E-state index >= 15 is 0 Å². The molecule has 0 unspecified atom stereocenters. The van der Waals surface area contributed by atoms with E-state index in [1.54, 1.807) is 6.07 Å². The number of benzene rings is 1. The Bertz CT molecular complexity index is 708. The summed E-state index contributed by atoms with van der Waals surface area (Å²) in [6.45, 7) is 1.87. The van der Waals surface area contributed by atoms with Crippen molar-refractivity contribution in [3.63, 3.8) is 0 Å². The Balaban J connectivity index is 2.44. The number of aromatic amines is 2. The maximum Gasteiger partial charge on any atom is 0.352 e. The molecule has 3 aromatic rings. The minimum atomic E-state index is -0.961. The number of aromatic nitrogens is 3. The highest BCUT2D eigenvalue weighted by molar-refractivity contribution is 6.05. The fraction of sp³-hybridized carbons (Fsp3) is 0.0909. The van der Waals surface area contributed by atoms with Crippen molar-refractivity contribution in [2.75, 3.05) is 0 Å². The number of fused-ring (bicyclic) bond motifs is 3. The Labute approximate surface area is 90.1 Å². The van der Waals surface area contributed by atoms with Gasteiger partial charge in [0.2, 0.25) is 0 Å². The molecule has 0 amide bonds. The zero-order valence-electron chi connectivity index (χ0n) is 8.53. The molecule has 1 aromatic carbocycles. The third kappa shape index (κ3) is 1.11. The molecule has 3 N–H and O–H groups in total. The lowest BCUT2D eigenvalue weighted by Gasteiger charge is -1.90. The van der Waals surface area contributed by atoms with E-state index in [-0.39, 0.29) is 5.69 Å². The lowest BCUT2D eigenvalue weighted by molar-refractivity contribution is 0.0691. The maximum atomic E-state index is 10.9. The minimum Gasteiger partial charge on any atom is -0.477 e. The second-order valence-electron chi connectivity index (χ2n) is 3.74. The second kappa shape index (κ2) is 2.85. The van der Waals surface area contributed by atoms with Gasteiger partial charge in [0, 0.05) is 5.39 Å². The van der Waals surface area contributed by atoms with Gasteiger partial charge in [-0.2, -0.15) is 0 Å². The molecule has 0 saturated carbocycles. The number of H-pyrrole nitrogens is 2. The molecule has 0 radical (unpaired) electrons. The molecule has 0 fully saturated rings. The number of aromatic carboxylic acids is 1. The van der Waals surface area contributed by atoms with Gasteiger partial charge < -0.3 is 15.1 Å². The summed E-state index contributed by atoms with van der Waals surface area (Å²) in [5.74, 6) is -0.148. The van der Waals surface area contributed by atoms with Crippen LogP contribution in [-0.4, -0.2) is 26.0 Å². The van der Waals surface area contributed by atoms with Gasteiger partial charge in [-0.3, -0.25) is 0 Å². The fourth-order valence-electron chi connectivity index (χ4n) is 1.91. The van der Waals surface area contributed by atoms with Crippen LogP contribution < -0.4 is 0 Å². The molecule has 0 aliphatic heterocycles. The average Bonchev–Trinajstić information content (AvgIpc) is 2.77. The SMILES string of the molecule is Cc1nc2c(ccc3cc(C(=O)O)[nH]c32)[nH]1. The number of carbonyl (C=O) groups is 1. The summed E-state index contributed by atoms with van der Waals surface area (Å²) < 4.78 is 0. The van der Waals surface area contributed by atoms with Crippen molar-refractivity contribution in [2.24, 2.45) is 0 Å². The van der Waals surface area contributed by atoms with Crippen molar-refractivity contribution < 1.29 is 9.90 Å². The number of imidazole rings is 1. The molecule has 0 aliphatic carbocycles. The van der Waals surface area contributed by atoms with Crippen molar-refractivity contribution in [1.29, 1.82) is 0 Å². The van der Waals surface area contributed by atoms with E-state index in [0.29, 0.717) is 0 Å². The topological polar surface area (TPSA) is 81.8 Å². The van der Waals surface area contributed by atoms with Gasteiger partial charge in [-0.1, -0.05) is 6.07 Å². The largest absolute Gasteiger partial charge is 0.477 e. The van der Waals surface area contributed by atoms with Gasteiger partial charge in [0.15, 0.2) is 0 Å². The molecule has 5 nitrogen and oxygen atoms in total. The van der Waals surface area contributed by atoms with Crippen LogP contribution in [-0.2, 0) is 0 Å². The van der Waals surface area contributed by atoms with E-state index in [1.165, 1.54) is 0 Å². The monoisotopic (exact) mass is 215 g/mol. The van der Waals surface area contributed by atoms with Gasteiger partial charge in [0.05, 0.1) is 11.0 Å². The molecular weight excluding hydrogens is 206 g/mol. The van der Waals surface area contributed by atoms with Crippen molar-refractivity contribution in [2.45, 2.75) is 6.92 Å². The third-order valence-corrected chi connectivity index (χ3v) is 2.60. The summed E-state index contributed by atoms with van der Waals surface area (Å²) in [5, 5.41) is 9.76. The van der Waals surface area contributed by atoms with Crippen LogP contribution >= 0.6 is 0 Å². The molecule has 2 heterocycles. The maximum absolute atomic E-state index is 10.9. The van der Waals surface area contributed by atoms with Crippen molar-refractivity contribution in [3.05, 3.63) is 29.7 Å². The summed E-state index contributed by atoms with van der Waals surface area (Å²) >= 11 is 0. The molecule has 2 aromatic heterocycles. The molecule has 0 spiro atoms. The summed E-state index contributed by atoms with van der Waals surface area (Å²) in [7, 11) is 0. The number of carboxylic acid groups (broad SMARTS) is 1. The van der Waals surface area contributed by atoms with Crippen LogP contribution in [0.4, 0.5) is 0 Å². The molecule has 0 aliphatic rings. The Morgan fingerprint density at radius 2 is 2.19 bits per heavy atom. The van der Waals surface area contributed by atoms with Crippen LogP contribution in [0.15, 0.2) is 18.2 Å². The third-order valence-electron chi connectivity index (χ3n) is 2.60. The number of rotatable bonds is 1. The molecule has 3 rings (SSSR count). The van der Waals surface area contributed by atoms with E-state index in [0.717, 1.165) is 27.8 Å². The average molecular weight is 215 g/mol. The standard InChI is InChI=1S/C11H9N3O2/c1-5-12-7-3-2-6-4-8(11(15)16)14-9(6)10(7)13-5/h2-4,14H,1H3,(H,12,13)(H,15,16). The van der Waals surface area contributed by atoms with Gasteiger partial charge in [0.25, 0.3) is 0 Å². The van der Waals surface area contributed by atoms with Gasteiger partial charge >= 0.3 is 5.97 Å². The first-order valence-electron chi connectivity index (χ1n) is 4.86. The molecule has 5 heteroatoms. The first kappa shape index (κ1) is 8.96. The highest BCUT2D eigenvalue weighted by Gasteiger charge is 2.11. The van der Waals surface area contributed by atoms with E-state index in [4.69, 9.17) is 5.11 Å². The Hall–Kier alpha value is -2.30. The minimum absolute atomic E-state index is 0.183. The van der Waals surface area contributed by atoms with Crippen LogP contribution in [0.1, 0.15) is 16.3 Å². The molecule has 80 valence electrons. The predicted molar refractivity (Wildman–Crippen MR) is 59.6 cm³/mol. The molecule has 0 saturated heterocycles. The van der Waals surface area contributed by atoms with Gasteiger partial charge in [-0.15, -0.1) is 0 Å². The summed E-state index contributed by atoms with van der Waals surface area (Å²) in [6, 6.07) is 5.39. The number of nitrogens with zero attached hydrogens (tertiary/aromatic N) is 1. The fourth-order valence-corrected chi connectivity index (χ4v) is 1.91. The van der Waals surface area contributed by atoms with E-state index < -0.39 is 5.97 Å². The van der Waals surface area contributed by atoms with Gasteiger partial charge in [-0.25, -0.2) is 9.78 Å². The molecule has 0 bridgehead atoms. The highest BCUT2D eigenvalue weighted by Crippen LogP contribution is 2.23. The quantitative estimate of drug-likeness (QED) is 0.581. The first-order chi connectivity index (χ1) is 7.65. The summed E-state index contributed by atoms with van der Waals surface area (Å²) in [5.41, 5.74) is 2.63. The van der Waals surface area contributed by atoms with Gasteiger partial charge in [-0.05, 0) is 19.1 Å². The number of nitrogens with one attached hydrogen (secondary N) is 2. The van der Waals surface area contributed by atoms with Crippen LogP contribution in [0.2, 0.25) is 0 Å². The summed E-state index contributed by atoms with van der Waals surface area (Å²) in [6.07, 6.45) is 0. The van der Waals surface area contributed by atoms with Crippen molar-refractivity contribution in [3.8, 4) is 0 Å². The van der Waals surface area contributed by atoms with E-state index in [1.807, 2.05) is 19.1 Å². The van der Waals surface area contributed by atoms with Crippen LogP contribution in [0, 0.1) is 6.92 Å². The number of hydrogen-bond donors (Lipinski definition) is 3. The first-order valence-corrected chi connectivity index (χ1v) is 4.86. The smallest absolute Gasteiger partial charge is 0.352 e. The Morgan fingerprint density at radius 1 is 1.38 bits per heavy atom. The van der Waals surface area contributed by atoms with Crippen LogP contribution in [0.5, 0.6) is 0 Å². The van der Waals surface area contributed by atoms with Crippen LogP contribution in [0.3, 0.4) is 0 Å². The number of hydrogen-bond acceptors (Lipinski definition) is 2. The Morgan fingerprint density at radius 3 is 2.94 bits per heavy atom. The van der Waals surface area contributed by atoms with Gasteiger partial charge in [0.1, 0.15) is 17.0 Å². The van der Waals surface area contributed by atoms with Crippen LogP contribution in [0.25, 0.3) is 21.9 Å². The second-order valence-corrected chi connectivity index (χ2v) is 3.74. The van der Waals surface area contributed by atoms with E-state index in [2.05, 4.69) is 15.0 Å². The lowest BCUT2D eigenvalue weighted by Crippen LogP contribution is -1.94. The molecule has 0 atom stereocenters. The number of aryl methyl sites for hydroxylation is 1. The van der Waals surface area contributed by atoms with Crippen molar-refractivity contribution in [1.82, 2.24) is 15.0 Å². The molecule has 16 heavy (non-hydrogen) atoms.